The normalized spacial score (nSPS) is 22.1. The molecule has 2 heterocycles. The van der Waals surface area contributed by atoms with Gasteiger partial charge in [0.25, 0.3) is 5.91 Å². The fraction of sp³-hybridized carbons (Fsp3) is 0.600. The van der Waals surface area contributed by atoms with E-state index in [9.17, 15) is 22.8 Å². The number of hydrogen-bond acceptors (Lipinski definition) is 7. The molecule has 1 amide bonds. The fourth-order valence-corrected chi connectivity index (χ4v) is 2.32. The zero-order valence-electron chi connectivity index (χ0n) is 10.6. The van der Waals surface area contributed by atoms with Gasteiger partial charge in [0.1, 0.15) is 6.10 Å². The Morgan fingerprint density at radius 3 is 2.57 bits per heavy atom. The van der Waals surface area contributed by atoms with Gasteiger partial charge in [-0.15, -0.1) is 10.2 Å². The van der Waals surface area contributed by atoms with Crippen molar-refractivity contribution in [1.82, 2.24) is 10.2 Å². The van der Waals surface area contributed by atoms with Crippen LogP contribution in [0.3, 0.4) is 0 Å². The summed E-state index contributed by atoms with van der Waals surface area (Å²) < 4.78 is 46.7. The van der Waals surface area contributed by atoms with Gasteiger partial charge in [0, 0.05) is 0 Å². The van der Waals surface area contributed by atoms with Crippen LogP contribution < -0.4 is 5.32 Å². The highest BCUT2D eigenvalue weighted by atomic mass is 32.1. The number of aromatic nitrogens is 2. The maximum atomic E-state index is 12.3. The Bertz CT molecular complexity index is 548. The van der Waals surface area contributed by atoms with E-state index in [-0.39, 0.29) is 22.9 Å². The SMILES string of the molecule is COC(=O)[C@H]1CC[C@@H](C(=O)Nc2nnc(C(F)(F)F)s2)O1. The monoisotopic (exact) mass is 325 g/mol. The Morgan fingerprint density at radius 1 is 1.33 bits per heavy atom. The van der Waals surface area contributed by atoms with Crippen LogP contribution in [0.15, 0.2) is 0 Å². The van der Waals surface area contributed by atoms with E-state index < -0.39 is 35.3 Å². The molecule has 11 heteroatoms. The summed E-state index contributed by atoms with van der Waals surface area (Å²) in [6.45, 7) is 0. The van der Waals surface area contributed by atoms with Crippen molar-refractivity contribution < 1.29 is 32.2 Å². The Labute approximate surface area is 120 Å². The number of esters is 1. The van der Waals surface area contributed by atoms with E-state index in [2.05, 4.69) is 20.3 Å². The summed E-state index contributed by atoms with van der Waals surface area (Å²) >= 11 is 0.212. The molecule has 1 aromatic heterocycles. The first-order valence-corrected chi connectivity index (χ1v) is 6.57. The van der Waals surface area contributed by atoms with Gasteiger partial charge >= 0.3 is 12.1 Å². The summed E-state index contributed by atoms with van der Waals surface area (Å²) in [5.74, 6) is -1.27. The molecule has 1 saturated heterocycles. The molecule has 0 unspecified atom stereocenters. The molecule has 0 radical (unpaired) electrons. The lowest BCUT2D eigenvalue weighted by molar-refractivity contribution is -0.154. The van der Waals surface area contributed by atoms with Crippen LogP contribution in [-0.2, 0) is 25.2 Å². The number of carbonyl (C=O) groups is 2. The number of rotatable bonds is 3. The maximum Gasteiger partial charge on any atom is 0.445 e. The lowest BCUT2D eigenvalue weighted by atomic mass is 10.2. The molecule has 0 bridgehead atoms. The largest absolute Gasteiger partial charge is 0.467 e. The number of ether oxygens (including phenoxy) is 2. The number of anilines is 1. The first-order valence-electron chi connectivity index (χ1n) is 5.76. The number of alkyl halides is 3. The van der Waals surface area contributed by atoms with Crippen LogP contribution in [0.4, 0.5) is 18.3 Å². The van der Waals surface area contributed by atoms with Crippen molar-refractivity contribution in [2.45, 2.75) is 31.2 Å². The summed E-state index contributed by atoms with van der Waals surface area (Å²) in [5.41, 5.74) is 0. The Morgan fingerprint density at radius 2 is 2.00 bits per heavy atom. The number of amides is 1. The standard InChI is InChI=1S/C10H10F3N3O4S/c1-19-7(18)5-3-2-4(20-5)6(17)14-9-16-15-8(21-9)10(11,12)13/h4-5H,2-3H2,1H3,(H,14,16,17)/t4-,5+/m0/s1. The molecule has 21 heavy (non-hydrogen) atoms. The van der Waals surface area contributed by atoms with Gasteiger partial charge in [-0.2, -0.15) is 13.2 Å². The molecule has 1 aliphatic heterocycles. The second-order valence-corrected chi connectivity index (χ2v) is 5.09. The van der Waals surface area contributed by atoms with Crippen LogP contribution >= 0.6 is 11.3 Å². The predicted octanol–water partition coefficient (Wildman–Crippen LogP) is 1.22. The third kappa shape index (κ3) is 3.67. The van der Waals surface area contributed by atoms with Crippen molar-refractivity contribution in [2.24, 2.45) is 0 Å². The smallest absolute Gasteiger partial charge is 0.445 e. The van der Waals surface area contributed by atoms with Crippen LogP contribution in [-0.4, -0.2) is 41.4 Å². The Hall–Kier alpha value is -1.75. The summed E-state index contributed by atoms with van der Waals surface area (Å²) in [6.07, 6.45) is -5.83. The quantitative estimate of drug-likeness (QED) is 0.840. The van der Waals surface area contributed by atoms with E-state index in [0.29, 0.717) is 6.42 Å². The molecule has 1 fully saturated rings. The van der Waals surface area contributed by atoms with Crippen LogP contribution in [0.5, 0.6) is 0 Å². The molecule has 2 rings (SSSR count). The van der Waals surface area contributed by atoms with E-state index in [1.165, 1.54) is 7.11 Å². The minimum absolute atomic E-state index is 0.212. The molecule has 0 aromatic carbocycles. The summed E-state index contributed by atoms with van der Waals surface area (Å²) in [5, 5.41) is 6.92. The van der Waals surface area contributed by atoms with Gasteiger partial charge in [0.05, 0.1) is 7.11 Å². The topological polar surface area (TPSA) is 90.4 Å². The van der Waals surface area contributed by atoms with Crippen molar-refractivity contribution >= 4 is 28.3 Å². The number of methoxy groups -OCH3 is 1. The van der Waals surface area contributed by atoms with E-state index in [1.54, 1.807) is 0 Å². The average molecular weight is 325 g/mol. The van der Waals surface area contributed by atoms with Crippen molar-refractivity contribution in [2.75, 3.05) is 12.4 Å². The molecule has 116 valence electrons. The van der Waals surface area contributed by atoms with Crippen molar-refractivity contribution in [3.8, 4) is 0 Å². The van der Waals surface area contributed by atoms with E-state index in [0.717, 1.165) is 0 Å². The highest BCUT2D eigenvalue weighted by molar-refractivity contribution is 7.15. The first-order chi connectivity index (χ1) is 9.81. The van der Waals surface area contributed by atoms with Crippen molar-refractivity contribution in [3.05, 3.63) is 5.01 Å². The minimum Gasteiger partial charge on any atom is -0.467 e. The predicted molar refractivity (Wildman–Crippen MR) is 63.5 cm³/mol. The number of nitrogens with one attached hydrogen (secondary N) is 1. The van der Waals surface area contributed by atoms with E-state index in [4.69, 9.17) is 4.74 Å². The molecular formula is C10H10F3N3O4S. The average Bonchev–Trinajstić information content (AvgIpc) is 3.05. The van der Waals surface area contributed by atoms with Gasteiger partial charge in [0.2, 0.25) is 10.1 Å². The lowest BCUT2D eigenvalue weighted by Crippen LogP contribution is -2.30. The van der Waals surface area contributed by atoms with Crippen LogP contribution in [0.25, 0.3) is 0 Å². The number of nitrogens with zero attached hydrogens (tertiary/aromatic N) is 2. The number of halogens is 3. The van der Waals surface area contributed by atoms with Crippen molar-refractivity contribution in [1.29, 1.82) is 0 Å². The molecule has 0 saturated carbocycles. The molecule has 1 N–H and O–H groups in total. The van der Waals surface area contributed by atoms with Gasteiger partial charge < -0.3 is 9.47 Å². The second kappa shape index (κ2) is 5.93. The molecule has 2 atom stereocenters. The van der Waals surface area contributed by atoms with Crippen molar-refractivity contribution in [3.63, 3.8) is 0 Å². The van der Waals surface area contributed by atoms with E-state index in [1.807, 2.05) is 0 Å². The first kappa shape index (κ1) is 15.6. The Balaban J connectivity index is 1.94. The molecule has 1 aromatic rings. The third-order valence-electron chi connectivity index (χ3n) is 2.67. The zero-order valence-corrected chi connectivity index (χ0v) is 11.5. The highest BCUT2D eigenvalue weighted by Crippen LogP contribution is 2.33. The maximum absolute atomic E-state index is 12.3. The lowest BCUT2D eigenvalue weighted by Gasteiger charge is -2.10. The Kier molecular flexibility index (Phi) is 4.42. The highest BCUT2D eigenvalue weighted by Gasteiger charge is 2.38. The van der Waals surface area contributed by atoms with Gasteiger partial charge in [-0.25, -0.2) is 4.79 Å². The molecule has 7 nitrogen and oxygen atoms in total. The van der Waals surface area contributed by atoms with Gasteiger partial charge in [-0.05, 0) is 12.8 Å². The number of carbonyl (C=O) groups excluding carboxylic acids is 2. The molecule has 0 aliphatic carbocycles. The summed E-state index contributed by atoms with van der Waals surface area (Å²) in [6, 6.07) is 0. The summed E-state index contributed by atoms with van der Waals surface area (Å²) in [7, 11) is 1.19. The zero-order chi connectivity index (χ0) is 15.6. The second-order valence-electron chi connectivity index (χ2n) is 4.11. The van der Waals surface area contributed by atoms with Gasteiger partial charge in [-0.1, -0.05) is 11.3 Å². The van der Waals surface area contributed by atoms with Crippen LogP contribution in [0.1, 0.15) is 17.8 Å². The van der Waals surface area contributed by atoms with Gasteiger partial charge in [0.15, 0.2) is 6.10 Å². The molecule has 0 spiro atoms. The van der Waals surface area contributed by atoms with Crippen LogP contribution in [0.2, 0.25) is 0 Å². The van der Waals surface area contributed by atoms with Crippen LogP contribution in [0, 0.1) is 0 Å². The molecular weight excluding hydrogens is 315 g/mol. The fourth-order valence-electron chi connectivity index (χ4n) is 1.71. The number of hydrogen-bond donors (Lipinski definition) is 1. The van der Waals surface area contributed by atoms with E-state index >= 15 is 0 Å². The molecule has 1 aliphatic rings. The summed E-state index contributed by atoms with van der Waals surface area (Å²) in [4.78, 5) is 23.0. The van der Waals surface area contributed by atoms with Gasteiger partial charge in [-0.3, -0.25) is 10.1 Å². The minimum atomic E-state index is -4.61. The third-order valence-corrected chi connectivity index (χ3v) is 3.56.